The van der Waals surface area contributed by atoms with Crippen molar-refractivity contribution in [1.82, 2.24) is 13.5 Å². The number of methoxy groups -OCH3 is 1. The van der Waals surface area contributed by atoms with E-state index in [-0.39, 0.29) is 11.6 Å². The summed E-state index contributed by atoms with van der Waals surface area (Å²) in [5.41, 5.74) is 4.65. The largest absolute Gasteiger partial charge is 0.465 e. The average Bonchev–Trinajstić information content (AvgIpc) is 3.43. The number of nitrogens with zero attached hydrogens (tertiary/aromatic N) is 4. The van der Waals surface area contributed by atoms with E-state index in [1.54, 1.807) is 16.7 Å². The standard InChI is InChI=1S/C30H24N4O3/c1-18(2)33-24-14-13-20(30(36)37-3)15-25(24)34-27(33)23(16-31)26-21-11-7-8-12-22(21)29(35)32(28(26)34)17-19-9-5-4-6-10-19/h4-15,18H,17H2,1-3H3. The highest BCUT2D eigenvalue weighted by Gasteiger charge is 2.27. The van der Waals surface area contributed by atoms with Gasteiger partial charge in [0, 0.05) is 16.8 Å². The van der Waals surface area contributed by atoms with Crippen LogP contribution in [0.2, 0.25) is 0 Å². The maximum Gasteiger partial charge on any atom is 0.337 e. The summed E-state index contributed by atoms with van der Waals surface area (Å²) in [6, 6.07) is 25.1. The zero-order chi connectivity index (χ0) is 25.8. The van der Waals surface area contributed by atoms with Crippen LogP contribution in [0.5, 0.6) is 0 Å². The Morgan fingerprint density at radius 2 is 1.65 bits per heavy atom. The topological polar surface area (TPSA) is 81.4 Å². The fraction of sp³-hybridized carbons (Fsp3) is 0.167. The summed E-state index contributed by atoms with van der Waals surface area (Å²) in [5.74, 6) is -0.448. The smallest absolute Gasteiger partial charge is 0.337 e. The van der Waals surface area contributed by atoms with Gasteiger partial charge in [0.25, 0.3) is 5.56 Å². The molecule has 0 atom stereocenters. The molecule has 7 heteroatoms. The number of rotatable bonds is 4. The first-order valence-corrected chi connectivity index (χ1v) is 12.1. The molecule has 37 heavy (non-hydrogen) atoms. The predicted molar refractivity (Wildman–Crippen MR) is 144 cm³/mol. The van der Waals surface area contributed by atoms with Crippen molar-refractivity contribution in [2.75, 3.05) is 7.11 Å². The normalized spacial score (nSPS) is 11.6. The number of imidazole rings is 1. The van der Waals surface area contributed by atoms with E-state index in [1.807, 2.05) is 65.1 Å². The van der Waals surface area contributed by atoms with Crippen molar-refractivity contribution in [3.63, 3.8) is 0 Å². The van der Waals surface area contributed by atoms with E-state index < -0.39 is 5.97 Å². The van der Waals surface area contributed by atoms with Crippen molar-refractivity contribution in [1.29, 1.82) is 5.26 Å². The number of esters is 1. The number of carbonyl (C=O) groups excluding carboxylic acids is 1. The van der Waals surface area contributed by atoms with Crippen molar-refractivity contribution in [2.45, 2.75) is 26.4 Å². The van der Waals surface area contributed by atoms with Gasteiger partial charge in [-0.1, -0.05) is 48.5 Å². The van der Waals surface area contributed by atoms with Crippen LogP contribution in [-0.4, -0.2) is 26.6 Å². The Morgan fingerprint density at radius 1 is 0.946 bits per heavy atom. The molecule has 0 aliphatic rings. The second-order valence-corrected chi connectivity index (χ2v) is 9.43. The summed E-state index contributed by atoms with van der Waals surface area (Å²) in [6.45, 7) is 4.45. The lowest BCUT2D eigenvalue weighted by Gasteiger charge is -2.12. The second-order valence-electron chi connectivity index (χ2n) is 9.43. The first-order chi connectivity index (χ1) is 18.0. The Balaban J connectivity index is 1.91. The molecule has 0 radical (unpaired) electrons. The second kappa shape index (κ2) is 8.38. The van der Waals surface area contributed by atoms with Crippen molar-refractivity contribution in [3.8, 4) is 6.07 Å². The molecule has 0 amide bonds. The van der Waals surface area contributed by atoms with Gasteiger partial charge in [0.1, 0.15) is 22.9 Å². The highest BCUT2D eigenvalue weighted by molar-refractivity contribution is 6.13. The molecule has 7 nitrogen and oxygen atoms in total. The first kappa shape index (κ1) is 22.6. The predicted octanol–water partition coefficient (Wildman–Crippen LogP) is 5.65. The lowest BCUT2D eigenvalue weighted by molar-refractivity contribution is 0.0601. The molecule has 0 spiro atoms. The van der Waals surface area contributed by atoms with Crippen molar-refractivity contribution in [2.24, 2.45) is 0 Å². The molecule has 0 aliphatic carbocycles. The Hall–Kier alpha value is -4.83. The molecular formula is C30H24N4O3. The van der Waals surface area contributed by atoms with Crippen molar-refractivity contribution < 1.29 is 9.53 Å². The molecular weight excluding hydrogens is 464 g/mol. The van der Waals surface area contributed by atoms with Crippen LogP contribution < -0.4 is 5.56 Å². The van der Waals surface area contributed by atoms with Crippen LogP contribution in [0.3, 0.4) is 0 Å². The molecule has 0 N–H and O–H groups in total. The number of nitriles is 1. The van der Waals surface area contributed by atoms with E-state index in [4.69, 9.17) is 4.74 Å². The van der Waals surface area contributed by atoms with E-state index in [1.165, 1.54) is 7.11 Å². The number of hydrogen-bond donors (Lipinski definition) is 0. The fourth-order valence-electron chi connectivity index (χ4n) is 5.45. The van der Waals surface area contributed by atoms with Gasteiger partial charge < -0.3 is 9.30 Å². The zero-order valence-corrected chi connectivity index (χ0v) is 20.7. The summed E-state index contributed by atoms with van der Waals surface area (Å²) in [6.07, 6.45) is 0. The van der Waals surface area contributed by atoms with E-state index in [0.29, 0.717) is 34.4 Å². The summed E-state index contributed by atoms with van der Waals surface area (Å²) in [5, 5.41) is 12.5. The highest BCUT2D eigenvalue weighted by atomic mass is 16.5. The van der Waals surface area contributed by atoms with Crippen LogP contribution in [0.4, 0.5) is 0 Å². The minimum absolute atomic E-state index is 0.0148. The third-order valence-corrected chi connectivity index (χ3v) is 6.99. The monoisotopic (exact) mass is 488 g/mol. The Bertz CT molecular complexity index is 1970. The summed E-state index contributed by atoms with van der Waals surface area (Å²) in [7, 11) is 1.35. The van der Waals surface area contributed by atoms with Crippen LogP contribution in [-0.2, 0) is 11.3 Å². The lowest BCUT2D eigenvalue weighted by atomic mass is 10.1. The zero-order valence-electron chi connectivity index (χ0n) is 20.7. The van der Waals surface area contributed by atoms with Gasteiger partial charge in [-0.05, 0) is 49.1 Å². The van der Waals surface area contributed by atoms with E-state index in [2.05, 4.69) is 24.5 Å². The molecule has 3 aromatic heterocycles. The Morgan fingerprint density at radius 3 is 2.32 bits per heavy atom. The fourth-order valence-corrected chi connectivity index (χ4v) is 5.45. The number of hydrogen-bond acceptors (Lipinski definition) is 4. The van der Waals surface area contributed by atoms with Crippen molar-refractivity contribution in [3.05, 3.63) is 99.8 Å². The molecule has 0 bridgehead atoms. The molecule has 0 saturated carbocycles. The van der Waals surface area contributed by atoms with Gasteiger partial charge in [0.15, 0.2) is 0 Å². The highest BCUT2D eigenvalue weighted by Crippen LogP contribution is 2.37. The maximum absolute atomic E-state index is 14.0. The number of carbonyl (C=O) groups is 1. The molecule has 3 heterocycles. The maximum atomic E-state index is 14.0. The number of pyridine rings is 1. The molecule has 0 unspecified atom stereocenters. The molecule has 0 aliphatic heterocycles. The minimum Gasteiger partial charge on any atom is -0.465 e. The number of ether oxygens (including phenoxy) is 1. The van der Waals surface area contributed by atoms with Gasteiger partial charge in [0.2, 0.25) is 0 Å². The van der Waals surface area contributed by atoms with Crippen LogP contribution in [0.1, 0.15) is 41.4 Å². The molecule has 6 rings (SSSR count). The summed E-state index contributed by atoms with van der Waals surface area (Å²) in [4.78, 5) is 26.4. The van der Waals surface area contributed by atoms with E-state index in [0.717, 1.165) is 27.4 Å². The van der Waals surface area contributed by atoms with Gasteiger partial charge >= 0.3 is 5.97 Å². The summed E-state index contributed by atoms with van der Waals surface area (Å²) < 4.78 is 10.8. The van der Waals surface area contributed by atoms with Gasteiger partial charge in [-0.2, -0.15) is 5.26 Å². The lowest BCUT2D eigenvalue weighted by Crippen LogP contribution is -2.22. The van der Waals surface area contributed by atoms with E-state index >= 15 is 0 Å². The molecule has 0 saturated heterocycles. The van der Waals surface area contributed by atoms with Gasteiger partial charge in [-0.25, -0.2) is 4.79 Å². The Labute approximate surface area is 212 Å². The number of aromatic nitrogens is 3. The Kier molecular flexibility index (Phi) is 5.13. The van der Waals surface area contributed by atoms with Crippen LogP contribution in [0, 0.1) is 11.3 Å². The van der Waals surface area contributed by atoms with Gasteiger partial charge in [-0.15, -0.1) is 0 Å². The van der Waals surface area contributed by atoms with Crippen molar-refractivity contribution >= 4 is 44.5 Å². The number of benzene rings is 3. The van der Waals surface area contributed by atoms with Gasteiger partial charge in [-0.3, -0.25) is 13.8 Å². The van der Waals surface area contributed by atoms with E-state index in [9.17, 15) is 14.9 Å². The van der Waals surface area contributed by atoms with Crippen LogP contribution >= 0.6 is 0 Å². The SMILES string of the molecule is COC(=O)c1ccc2c(c1)n1c3c(c(C#N)c1n2C(C)C)c1ccccc1c(=O)n3Cc1ccccc1. The molecule has 6 aromatic rings. The average molecular weight is 489 g/mol. The van der Waals surface area contributed by atoms with Crippen LogP contribution in [0.25, 0.3) is 38.5 Å². The molecule has 3 aromatic carbocycles. The molecule has 182 valence electrons. The van der Waals surface area contributed by atoms with Crippen LogP contribution in [0.15, 0.2) is 77.6 Å². The summed E-state index contributed by atoms with van der Waals surface area (Å²) >= 11 is 0. The third kappa shape index (κ3) is 3.19. The third-order valence-electron chi connectivity index (χ3n) is 6.99. The van der Waals surface area contributed by atoms with Gasteiger partial charge in [0.05, 0.1) is 30.3 Å². The minimum atomic E-state index is -0.448. The first-order valence-electron chi connectivity index (χ1n) is 12.1. The molecule has 0 fully saturated rings. The number of fused-ring (bicyclic) bond motifs is 7. The quantitative estimate of drug-likeness (QED) is 0.300.